The number of anilines is 3. The molecule has 1 aliphatic heterocycles. The predicted molar refractivity (Wildman–Crippen MR) is 165 cm³/mol. The first-order valence-corrected chi connectivity index (χ1v) is 18.3. The zero-order valence-electron chi connectivity index (χ0n) is 23.2. The van der Waals surface area contributed by atoms with E-state index >= 15 is 0 Å². The van der Waals surface area contributed by atoms with Gasteiger partial charge in [-0.05, 0) is 12.8 Å². The second kappa shape index (κ2) is 12.6. The number of benzene rings is 1. The third-order valence-electron chi connectivity index (χ3n) is 7.95. The van der Waals surface area contributed by atoms with Crippen molar-refractivity contribution in [2.24, 2.45) is 0 Å². The summed E-state index contributed by atoms with van der Waals surface area (Å²) < 4.78 is 10.6. The first-order chi connectivity index (χ1) is 20.1. The van der Waals surface area contributed by atoms with Gasteiger partial charge in [0.1, 0.15) is 0 Å². The Balaban J connectivity index is 1.02. The summed E-state index contributed by atoms with van der Waals surface area (Å²) in [5.41, 5.74) is 4.36. The Bertz CT molecular complexity index is 1410. The van der Waals surface area contributed by atoms with Crippen LogP contribution in [0.15, 0.2) is 36.5 Å². The molecule has 41 heavy (non-hydrogen) atoms. The van der Waals surface area contributed by atoms with Crippen LogP contribution >= 0.6 is 20.1 Å². The predicted octanol–water partition coefficient (Wildman–Crippen LogP) is 4.89. The molecule has 0 saturated heterocycles. The van der Waals surface area contributed by atoms with E-state index in [0.717, 1.165) is 40.4 Å². The van der Waals surface area contributed by atoms with Crippen molar-refractivity contribution in [3.8, 4) is 6.07 Å². The Labute approximate surface area is 247 Å². The first-order valence-electron chi connectivity index (χ1n) is 14.2. The molecule has 3 heterocycles. The normalized spacial score (nSPS) is 20.6. The zero-order valence-corrected chi connectivity index (χ0v) is 25.4. The van der Waals surface area contributed by atoms with Gasteiger partial charge in [-0.3, -0.25) is 5.10 Å². The molecular weight excluding hydrogens is 633 g/mol. The van der Waals surface area contributed by atoms with E-state index in [1.165, 1.54) is 29.7 Å². The quantitative estimate of drug-likeness (QED) is 0.136. The number of aromatic nitrogens is 4. The van der Waals surface area contributed by atoms with Gasteiger partial charge in [-0.1, -0.05) is 0 Å². The number of fused-ring (bicyclic) bond motifs is 1. The number of halogens is 1. The van der Waals surface area contributed by atoms with Gasteiger partial charge in [-0.25, -0.2) is 0 Å². The van der Waals surface area contributed by atoms with Gasteiger partial charge in [-0.2, -0.15) is 5.10 Å². The molecule has 2 amide bonds. The number of methoxy groups -OCH3 is 1. The van der Waals surface area contributed by atoms with Crippen molar-refractivity contribution < 1.29 is 9.53 Å². The van der Waals surface area contributed by atoms with E-state index in [9.17, 15) is 4.79 Å². The molecule has 2 fully saturated rings. The molecule has 3 aliphatic rings. The number of ether oxygens (including phenoxy) is 1. The summed E-state index contributed by atoms with van der Waals surface area (Å²) in [4.78, 5) is 24.5. The van der Waals surface area contributed by atoms with Crippen LogP contribution in [0.3, 0.4) is 0 Å². The SMILES string of the molecule is COCCN(c1nccc(Nc2cc(C3CC3)[nH]n2)n1)C1CCC(NC(=O)NI2Cc3ccc(C#N)cc3C2)CC1. The van der Waals surface area contributed by atoms with Crippen LogP contribution in [0.5, 0.6) is 0 Å². The van der Waals surface area contributed by atoms with Crippen LogP contribution in [-0.2, 0) is 13.6 Å². The van der Waals surface area contributed by atoms with Crippen molar-refractivity contribution in [3.05, 3.63) is 58.9 Å². The Kier molecular flexibility index (Phi) is 8.52. The Morgan fingerprint density at radius 3 is 2.73 bits per heavy atom. The van der Waals surface area contributed by atoms with E-state index in [-0.39, 0.29) is 18.1 Å². The number of alkyl halides is 2. The molecule has 0 bridgehead atoms. The van der Waals surface area contributed by atoms with Gasteiger partial charge in [0.2, 0.25) is 0 Å². The fraction of sp³-hybridized carbons (Fsp3) is 0.483. The van der Waals surface area contributed by atoms with Crippen LogP contribution in [0, 0.1) is 11.3 Å². The topological polar surface area (TPSA) is 144 Å². The molecule has 1 aromatic carbocycles. The first kappa shape index (κ1) is 27.7. The number of hydrogen-bond acceptors (Lipinski definition) is 8. The van der Waals surface area contributed by atoms with Crippen molar-refractivity contribution >= 4 is 43.7 Å². The minimum absolute atomic E-state index is 0.0477. The van der Waals surface area contributed by atoms with Crippen molar-refractivity contribution in [2.45, 2.75) is 65.4 Å². The van der Waals surface area contributed by atoms with Gasteiger partial charge in [0.15, 0.2) is 5.82 Å². The van der Waals surface area contributed by atoms with Crippen LogP contribution in [0.25, 0.3) is 0 Å². The van der Waals surface area contributed by atoms with E-state index in [4.69, 9.17) is 15.0 Å². The number of amides is 2. The molecule has 2 aromatic heterocycles. The van der Waals surface area contributed by atoms with Gasteiger partial charge >= 0.3 is 202 Å². The second-order valence-electron chi connectivity index (χ2n) is 10.9. The van der Waals surface area contributed by atoms with E-state index in [2.05, 4.69) is 46.4 Å². The summed E-state index contributed by atoms with van der Waals surface area (Å²) in [6.07, 6.45) is 7.89. The van der Waals surface area contributed by atoms with E-state index in [1.807, 2.05) is 24.3 Å². The van der Waals surface area contributed by atoms with Crippen LogP contribution in [0.4, 0.5) is 22.4 Å². The van der Waals surface area contributed by atoms with Crippen molar-refractivity contribution in [1.29, 1.82) is 5.26 Å². The maximum absolute atomic E-state index is 12.9. The molecule has 0 unspecified atom stereocenters. The molecule has 3 aromatic rings. The van der Waals surface area contributed by atoms with Crippen molar-refractivity contribution in [3.63, 3.8) is 0 Å². The number of nitrogens with one attached hydrogen (secondary N) is 4. The fourth-order valence-corrected chi connectivity index (χ4v) is 10.5. The van der Waals surface area contributed by atoms with Gasteiger partial charge in [0.25, 0.3) is 0 Å². The Morgan fingerprint density at radius 2 is 1.95 bits per heavy atom. The minimum atomic E-state index is -1.66. The maximum atomic E-state index is 12.9. The third kappa shape index (κ3) is 6.90. The number of carbonyl (C=O) groups excluding carboxylic acids is 1. The Morgan fingerprint density at radius 1 is 1.12 bits per heavy atom. The molecule has 0 radical (unpaired) electrons. The number of nitriles is 1. The van der Waals surface area contributed by atoms with Crippen molar-refractivity contribution in [1.82, 2.24) is 29.0 Å². The van der Waals surface area contributed by atoms with E-state index in [1.54, 1.807) is 13.3 Å². The summed E-state index contributed by atoms with van der Waals surface area (Å²) in [5, 5.41) is 23.2. The number of rotatable bonds is 10. The molecule has 6 rings (SSSR count). The van der Waals surface area contributed by atoms with Gasteiger partial charge < -0.3 is 0 Å². The summed E-state index contributed by atoms with van der Waals surface area (Å²) in [5.74, 6) is 2.76. The monoisotopic (exact) mass is 669 g/mol. The molecule has 0 spiro atoms. The summed E-state index contributed by atoms with van der Waals surface area (Å²) >= 11 is -1.66. The molecular formula is C29H36IN9O2. The summed E-state index contributed by atoms with van der Waals surface area (Å²) in [6, 6.07) is 12.4. The van der Waals surface area contributed by atoms with Crippen LogP contribution in [0.2, 0.25) is 0 Å². The standard InChI is InChI=1S/C29H36IN9O2/c1-41-13-12-39(28-32-11-10-26(35-28)34-27-15-25(37-38-27)20-4-5-20)24-8-6-23(7-9-24)33-29(40)36-30-16-21-3-2-19(18-31)14-22(21)17-30/h2-3,10-11,14-15,20,23-24H,4-9,12-13,16-17H2,1H3,(H2,33,36,40)(H2,32,34,35,37,38). The summed E-state index contributed by atoms with van der Waals surface area (Å²) in [7, 11) is 1.71. The molecule has 0 atom stereocenters. The average Bonchev–Trinajstić information content (AvgIpc) is 3.60. The molecule has 2 saturated carbocycles. The second-order valence-corrected chi connectivity index (χ2v) is 15.6. The number of nitrogens with zero attached hydrogens (tertiary/aromatic N) is 5. The molecule has 216 valence electrons. The van der Waals surface area contributed by atoms with Crippen LogP contribution in [-0.4, -0.2) is 58.5 Å². The van der Waals surface area contributed by atoms with Crippen LogP contribution in [0.1, 0.15) is 66.8 Å². The fourth-order valence-electron chi connectivity index (χ4n) is 5.60. The number of hydrogen-bond donors (Lipinski definition) is 4. The van der Waals surface area contributed by atoms with Crippen LogP contribution < -0.4 is 19.1 Å². The number of urea groups is 1. The van der Waals surface area contributed by atoms with Gasteiger partial charge in [0, 0.05) is 17.7 Å². The number of carbonyl (C=O) groups is 1. The average molecular weight is 670 g/mol. The van der Waals surface area contributed by atoms with E-state index in [0.29, 0.717) is 36.4 Å². The number of H-pyrrole nitrogens is 1. The van der Waals surface area contributed by atoms with E-state index < -0.39 is 20.1 Å². The molecule has 12 heteroatoms. The molecule has 2 aliphatic carbocycles. The van der Waals surface area contributed by atoms with Crippen molar-refractivity contribution in [2.75, 3.05) is 30.5 Å². The van der Waals surface area contributed by atoms with Gasteiger partial charge in [-0.15, -0.1) is 0 Å². The molecule has 4 N–H and O–H groups in total. The van der Waals surface area contributed by atoms with Gasteiger partial charge in [0.05, 0.1) is 0 Å². The summed E-state index contributed by atoms with van der Waals surface area (Å²) in [6.45, 7) is 1.27. The third-order valence-corrected chi connectivity index (χ3v) is 12.7. The zero-order chi connectivity index (χ0) is 28.2. The molecule has 11 nitrogen and oxygen atoms in total. The Hall–Kier alpha value is -3.44. The number of aromatic amines is 1.